The van der Waals surface area contributed by atoms with Gasteiger partial charge in [-0.15, -0.1) is 0 Å². The SMILES string of the molecule is CCOC(=O)n1c(C)c(OC)c2ccc3c([nH]o[n+]3=O)c21. The van der Waals surface area contributed by atoms with Gasteiger partial charge in [0, 0.05) is 5.39 Å². The Morgan fingerprint density at radius 3 is 2.90 bits per heavy atom. The summed E-state index contributed by atoms with van der Waals surface area (Å²) in [4.78, 5) is 23.8. The number of methoxy groups -OCH3 is 1. The van der Waals surface area contributed by atoms with Crippen molar-refractivity contribution in [2.24, 2.45) is 0 Å². The van der Waals surface area contributed by atoms with E-state index in [0.29, 0.717) is 32.5 Å². The van der Waals surface area contributed by atoms with Gasteiger partial charge in [-0.05, 0) is 30.9 Å². The van der Waals surface area contributed by atoms with E-state index in [0.717, 1.165) is 0 Å². The van der Waals surface area contributed by atoms with Gasteiger partial charge in [0.2, 0.25) is 5.52 Å². The second-order valence-corrected chi connectivity index (χ2v) is 4.46. The van der Waals surface area contributed by atoms with E-state index in [4.69, 9.17) is 14.1 Å². The first-order chi connectivity index (χ1) is 10.1. The maximum atomic E-state index is 12.2. The van der Waals surface area contributed by atoms with Crippen LogP contribution in [0.15, 0.2) is 16.8 Å². The summed E-state index contributed by atoms with van der Waals surface area (Å²) in [5, 5.41) is 3.21. The number of rotatable bonds is 2. The zero-order chi connectivity index (χ0) is 15.1. The highest BCUT2D eigenvalue weighted by Gasteiger charge is 2.26. The Hall–Kier alpha value is -2.77. The molecule has 0 fully saturated rings. The monoisotopic (exact) mass is 292 g/mol. The number of hydrogen-bond acceptors (Lipinski definition) is 5. The van der Waals surface area contributed by atoms with E-state index in [1.165, 1.54) is 11.7 Å². The summed E-state index contributed by atoms with van der Waals surface area (Å²) in [5.74, 6) is 0.548. The molecule has 0 bridgehead atoms. The van der Waals surface area contributed by atoms with E-state index in [-0.39, 0.29) is 12.1 Å². The predicted octanol–water partition coefficient (Wildman–Crippen LogP) is 1.95. The summed E-state index contributed by atoms with van der Waals surface area (Å²) in [6.07, 6.45) is -0.539. The van der Waals surface area contributed by atoms with Crippen molar-refractivity contribution in [2.45, 2.75) is 13.8 Å². The van der Waals surface area contributed by atoms with Crippen LogP contribution in [-0.2, 0) is 4.74 Å². The lowest BCUT2D eigenvalue weighted by Gasteiger charge is -2.05. The van der Waals surface area contributed by atoms with E-state index >= 15 is 0 Å². The summed E-state index contributed by atoms with van der Waals surface area (Å²) in [6.45, 7) is 3.71. The molecule has 0 radical (unpaired) electrons. The summed E-state index contributed by atoms with van der Waals surface area (Å²) < 4.78 is 16.9. The third-order valence-electron chi connectivity index (χ3n) is 3.37. The molecule has 2 aromatic heterocycles. The molecule has 8 heteroatoms. The molecule has 0 unspecified atom stereocenters. The molecule has 3 aromatic rings. The predicted molar refractivity (Wildman–Crippen MR) is 73.1 cm³/mol. The lowest BCUT2D eigenvalue weighted by Crippen LogP contribution is -2.15. The number of aromatic amines is 1. The number of carbonyl (C=O) groups is 1. The Kier molecular flexibility index (Phi) is 2.93. The molecule has 0 saturated heterocycles. The van der Waals surface area contributed by atoms with Gasteiger partial charge in [-0.2, -0.15) is 0 Å². The maximum Gasteiger partial charge on any atom is 0.418 e. The minimum atomic E-state index is -0.539. The molecular weight excluding hydrogens is 278 g/mol. The topological polar surface area (TPSA) is 92.4 Å². The third-order valence-corrected chi connectivity index (χ3v) is 3.37. The Morgan fingerprint density at radius 2 is 2.24 bits per heavy atom. The van der Waals surface area contributed by atoms with E-state index < -0.39 is 6.09 Å². The molecule has 0 aliphatic rings. The van der Waals surface area contributed by atoms with Crippen LogP contribution in [0, 0.1) is 11.8 Å². The fraction of sp³-hybridized carbons (Fsp3) is 0.308. The second-order valence-electron chi connectivity index (χ2n) is 4.46. The molecule has 0 atom stereocenters. The van der Waals surface area contributed by atoms with Crippen molar-refractivity contribution >= 4 is 28.0 Å². The highest BCUT2D eigenvalue weighted by atomic mass is 16.7. The van der Waals surface area contributed by atoms with Gasteiger partial charge in [-0.25, -0.2) is 9.36 Å². The molecule has 2 heterocycles. The molecule has 0 aliphatic heterocycles. The van der Waals surface area contributed by atoms with Crippen LogP contribution in [0.4, 0.5) is 4.79 Å². The van der Waals surface area contributed by atoms with Crippen LogP contribution in [0.5, 0.6) is 5.75 Å². The minimum absolute atomic E-state index is 0.243. The zero-order valence-corrected chi connectivity index (χ0v) is 11.8. The first kappa shape index (κ1) is 13.2. The first-order valence-corrected chi connectivity index (χ1v) is 6.39. The quantitative estimate of drug-likeness (QED) is 0.779. The van der Waals surface area contributed by atoms with Crippen molar-refractivity contribution in [2.75, 3.05) is 13.7 Å². The third kappa shape index (κ3) is 1.72. The molecule has 21 heavy (non-hydrogen) atoms. The average molecular weight is 292 g/mol. The van der Waals surface area contributed by atoms with Gasteiger partial charge in [-0.1, -0.05) is 9.79 Å². The number of H-pyrrole nitrogens is 1. The van der Waals surface area contributed by atoms with Gasteiger partial charge < -0.3 is 9.47 Å². The van der Waals surface area contributed by atoms with Crippen LogP contribution >= 0.6 is 0 Å². The molecule has 0 aliphatic carbocycles. The molecular formula is C13H14N3O5+. The van der Waals surface area contributed by atoms with E-state index in [1.54, 1.807) is 26.0 Å². The van der Waals surface area contributed by atoms with Crippen molar-refractivity contribution in [3.63, 3.8) is 0 Å². The van der Waals surface area contributed by atoms with Crippen molar-refractivity contribution in [1.82, 2.24) is 9.72 Å². The van der Waals surface area contributed by atoms with Crippen LogP contribution in [0.3, 0.4) is 0 Å². The van der Waals surface area contributed by atoms with E-state index in [1.807, 2.05) is 0 Å². The summed E-state index contributed by atoms with van der Waals surface area (Å²) >= 11 is 0. The van der Waals surface area contributed by atoms with Crippen molar-refractivity contribution < 1.29 is 23.5 Å². The Morgan fingerprint density at radius 1 is 1.48 bits per heavy atom. The smallest absolute Gasteiger partial charge is 0.418 e. The van der Waals surface area contributed by atoms with Crippen molar-refractivity contribution in [1.29, 1.82) is 0 Å². The molecule has 8 nitrogen and oxygen atoms in total. The summed E-state index contributed by atoms with van der Waals surface area (Å²) in [5.41, 5.74) is 1.76. The largest absolute Gasteiger partial charge is 0.494 e. The van der Waals surface area contributed by atoms with Crippen molar-refractivity contribution in [3.05, 3.63) is 22.7 Å². The summed E-state index contributed by atoms with van der Waals surface area (Å²) in [7, 11) is 1.52. The van der Waals surface area contributed by atoms with Crippen LogP contribution in [-0.4, -0.2) is 29.5 Å². The number of ether oxygens (including phenoxy) is 2. The van der Waals surface area contributed by atoms with Crippen LogP contribution in [0.2, 0.25) is 0 Å². The molecule has 0 saturated carbocycles. The Balaban J connectivity index is 2.49. The number of nitrogens with zero attached hydrogens (tertiary/aromatic N) is 2. The van der Waals surface area contributed by atoms with Gasteiger partial charge in [0.05, 0.1) is 19.4 Å². The van der Waals surface area contributed by atoms with Gasteiger partial charge >= 0.3 is 6.09 Å². The number of benzene rings is 1. The van der Waals surface area contributed by atoms with Crippen LogP contribution in [0.1, 0.15) is 12.6 Å². The Labute approximate surface area is 118 Å². The summed E-state index contributed by atoms with van der Waals surface area (Å²) in [6, 6.07) is 3.30. The van der Waals surface area contributed by atoms with Gasteiger partial charge in [-0.3, -0.25) is 0 Å². The lowest BCUT2D eigenvalue weighted by atomic mass is 10.2. The fourth-order valence-electron chi connectivity index (χ4n) is 2.52. The molecule has 3 rings (SSSR count). The van der Waals surface area contributed by atoms with E-state index in [2.05, 4.69) is 5.16 Å². The Bertz CT molecular complexity index is 902. The minimum Gasteiger partial charge on any atom is -0.494 e. The molecule has 1 N–H and O–H groups in total. The van der Waals surface area contributed by atoms with Crippen molar-refractivity contribution in [3.8, 4) is 5.75 Å². The van der Waals surface area contributed by atoms with Crippen LogP contribution in [0.25, 0.3) is 21.9 Å². The first-order valence-electron chi connectivity index (χ1n) is 6.39. The molecule has 110 valence electrons. The number of aromatic nitrogens is 3. The number of nitrogens with one attached hydrogen (secondary N) is 1. The normalized spacial score (nSPS) is 11.2. The van der Waals surface area contributed by atoms with Gasteiger partial charge in [0.15, 0.2) is 4.60 Å². The highest BCUT2D eigenvalue weighted by Crippen LogP contribution is 2.35. The average Bonchev–Trinajstić information content (AvgIpc) is 2.96. The zero-order valence-electron chi connectivity index (χ0n) is 11.8. The highest BCUT2D eigenvalue weighted by molar-refractivity contribution is 6.08. The van der Waals surface area contributed by atoms with Gasteiger partial charge in [0.1, 0.15) is 11.3 Å². The fourth-order valence-corrected chi connectivity index (χ4v) is 2.52. The molecule has 0 spiro atoms. The number of fused-ring (bicyclic) bond motifs is 3. The standard InChI is InChI=1S/C13H14N3O5/c1-4-20-13(17)15-7(2)12(19-3)8-5-6-9-10(11(8)15)14-21-16(9)18/h5-6,14H,4H2,1-3H3/q+1. The molecule has 0 amide bonds. The maximum absolute atomic E-state index is 12.2. The van der Waals surface area contributed by atoms with Gasteiger partial charge in [0.25, 0.3) is 5.52 Å². The number of carbonyl (C=O) groups excluding carboxylic acids is 1. The lowest BCUT2D eigenvalue weighted by molar-refractivity contribution is -0.692. The second kappa shape index (κ2) is 4.65. The van der Waals surface area contributed by atoms with E-state index in [9.17, 15) is 9.70 Å². The number of hydrogen-bond donors (Lipinski definition) is 1. The molecule has 1 aromatic carbocycles. The van der Waals surface area contributed by atoms with Crippen LogP contribution < -0.4 is 9.34 Å².